The molecule has 0 aromatic heterocycles. The molecule has 1 rings (SSSR count). The van der Waals surface area contributed by atoms with Crippen LogP contribution in [0.1, 0.15) is 47.5 Å². The molecule has 0 aliphatic carbocycles. The molecule has 3 heteroatoms. The molecule has 1 aliphatic rings. The molecule has 20 heavy (non-hydrogen) atoms. The minimum Gasteiger partial charge on any atom is -0.381 e. The first-order chi connectivity index (χ1) is 9.51. The van der Waals surface area contributed by atoms with Gasteiger partial charge in [0.25, 0.3) is 0 Å². The standard InChI is InChI=1S/C17H36N2O/c1-6-16(5)11-19(7-2)13-17(8-9-20-14-17)12-18-10-15(3)4/h15-16,18H,6-14H2,1-5H3. The lowest BCUT2D eigenvalue weighted by molar-refractivity contribution is 0.103. The van der Waals surface area contributed by atoms with Gasteiger partial charge in [0, 0.05) is 31.7 Å². The van der Waals surface area contributed by atoms with Gasteiger partial charge in [-0.2, -0.15) is 0 Å². The summed E-state index contributed by atoms with van der Waals surface area (Å²) >= 11 is 0. The quantitative estimate of drug-likeness (QED) is 0.667. The van der Waals surface area contributed by atoms with Gasteiger partial charge in [0.2, 0.25) is 0 Å². The maximum absolute atomic E-state index is 5.73. The van der Waals surface area contributed by atoms with E-state index in [9.17, 15) is 0 Å². The normalized spacial score (nSPS) is 24.8. The Morgan fingerprint density at radius 2 is 2.00 bits per heavy atom. The third-order valence-corrected chi connectivity index (χ3v) is 4.51. The van der Waals surface area contributed by atoms with Gasteiger partial charge in [-0.15, -0.1) is 0 Å². The summed E-state index contributed by atoms with van der Waals surface area (Å²) in [6.45, 7) is 19.1. The van der Waals surface area contributed by atoms with E-state index in [1.54, 1.807) is 0 Å². The van der Waals surface area contributed by atoms with Crippen molar-refractivity contribution < 1.29 is 4.74 Å². The van der Waals surface area contributed by atoms with Crippen molar-refractivity contribution in [1.82, 2.24) is 10.2 Å². The van der Waals surface area contributed by atoms with Gasteiger partial charge < -0.3 is 15.0 Å². The van der Waals surface area contributed by atoms with Crippen molar-refractivity contribution in [1.29, 1.82) is 0 Å². The Bertz CT molecular complexity index is 249. The topological polar surface area (TPSA) is 24.5 Å². The van der Waals surface area contributed by atoms with E-state index in [0.717, 1.165) is 44.7 Å². The molecule has 1 aliphatic heterocycles. The molecule has 1 saturated heterocycles. The summed E-state index contributed by atoms with van der Waals surface area (Å²) in [6, 6.07) is 0. The van der Waals surface area contributed by atoms with E-state index < -0.39 is 0 Å². The Morgan fingerprint density at radius 3 is 2.50 bits per heavy atom. The number of ether oxygens (including phenoxy) is 1. The number of nitrogens with one attached hydrogen (secondary N) is 1. The Hall–Kier alpha value is -0.120. The zero-order chi connectivity index (χ0) is 15.0. The lowest BCUT2D eigenvalue weighted by atomic mass is 9.86. The van der Waals surface area contributed by atoms with E-state index in [2.05, 4.69) is 44.8 Å². The Kier molecular flexibility index (Phi) is 8.08. The highest BCUT2D eigenvalue weighted by Crippen LogP contribution is 2.29. The molecule has 0 aromatic rings. The average Bonchev–Trinajstić information content (AvgIpc) is 2.86. The first-order valence-electron chi connectivity index (χ1n) is 8.52. The first-order valence-corrected chi connectivity index (χ1v) is 8.52. The van der Waals surface area contributed by atoms with Crippen LogP contribution >= 0.6 is 0 Å². The van der Waals surface area contributed by atoms with Crippen LogP contribution in [0.3, 0.4) is 0 Å². The molecule has 0 bridgehead atoms. The second-order valence-corrected chi connectivity index (χ2v) is 7.17. The SMILES string of the molecule is CCC(C)CN(CC)CC1(CNCC(C)C)CCOC1. The van der Waals surface area contributed by atoms with Gasteiger partial charge in [-0.3, -0.25) is 0 Å². The lowest BCUT2D eigenvalue weighted by Crippen LogP contribution is -2.46. The van der Waals surface area contributed by atoms with Crippen LogP contribution in [0.25, 0.3) is 0 Å². The van der Waals surface area contributed by atoms with Crippen LogP contribution in [-0.4, -0.2) is 50.8 Å². The van der Waals surface area contributed by atoms with Crippen molar-refractivity contribution in [3.05, 3.63) is 0 Å². The monoisotopic (exact) mass is 284 g/mol. The smallest absolute Gasteiger partial charge is 0.0547 e. The van der Waals surface area contributed by atoms with Crippen molar-refractivity contribution in [3.63, 3.8) is 0 Å². The minimum absolute atomic E-state index is 0.332. The fraction of sp³-hybridized carbons (Fsp3) is 1.00. The van der Waals surface area contributed by atoms with Crippen molar-refractivity contribution in [2.45, 2.75) is 47.5 Å². The molecule has 120 valence electrons. The van der Waals surface area contributed by atoms with Gasteiger partial charge in [-0.1, -0.05) is 41.0 Å². The fourth-order valence-corrected chi connectivity index (χ4v) is 2.95. The Balaban J connectivity index is 2.51. The molecule has 2 atom stereocenters. The van der Waals surface area contributed by atoms with E-state index in [1.165, 1.54) is 25.9 Å². The molecule has 0 amide bonds. The maximum atomic E-state index is 5.73. The first kappa shape index (κ1) is 17.9. The van der Waals surface area contributed by atoms with Gasteiger partial charge in [0.1, 0.15) is 0 Å². The number of hydrogen-bond acceptors (Lipinski definition) is 3. The number of nitrogens with zero attached hydrogens (tertiary/aromatic N) is 1. The fourth-order valence-electron chi connectivity index (χ4n) is 2.95. The van der Waals surface area contributed by atoms with Crippen molar-refractivity contribution in [3.8, 4) is 0 Å². The largest absolute Gasteiger partial charge is 0.381 e. The van der Waals surface area contributed by atoms with Crippen LogP contribution in [0.2, 0.25) is 0 Å². The third kappa shape index (κ3) is 6.11. The summed E-state index contributed by atoms with van der Waals surface area (Å²) in [5.41, 5.74) is 0.332. The van der Waals surface area contributed by atoms with Crippen molar-refractivity contribution in [2.75, 3.05) is 45.9 Å². The van der Waals surface area contributed by atoms with Gasteiger partial charge in [0.05, 0.1) is 6.61 Å². The molecular weight excluding hydrogens is 248 g/mol. The maximum Gasteiger partial charge on any atom is 0.0547 e. The van der Waals surface area contributed by atoms with E-state index in [0.29, 0.717) is 5.41 Å². The predicted octanol–water partition coefficient (Wildman–Crippen LogP) is 3.01. The van der Waals surface area contributed by atoms with Gasteiger partial charge >= 0.3 is 0 Å². The van der Waals surface area contributed by atoms with Crippen molar-refractivity contribution >= 4 is 0 Å². The average molecular weight is 284 g/mol. The zero-order valence-corrected chi connectivity index (χ0v) is 14.4. The summed E-state index contributed by atoms with van der Waals surface area (Å²) < 4.78 is 5.73. The second-order valence-electron chi connectivity index (χ2n) is 7.17. The molecule has 1 heterocycles. The number of rotatable bonds is 10. The van der Waals surface area contributed by atoms with Gasteiger partial charge in [0.15, 0.2) is 0 Å². The highest BCUT2D eigenvalue weighted by atomic mass is 16.5. The Labute approximate surface area is 126 Å². The van der Waals surface area contributed by atoms with Crippen LogP contribution in [0.4, 0.5) is 0 Å². The van der Waals surface area contributed by atoms with Crippen LogP contribution in [0.15, 0.2) is 0 Å². The summed E-state index contributed by atoms with van der Waals surface area (Å²) in [5.74, 6) is 1.51. The molecule has 0 radical (unpaired) electrons. The number of hydrogen-bond donors (Lipinski definition) is 1. The minimum atomic E-state index is 0.332. The summed E-state index contributed by atoms with van der Waals surface area (Å²) in [5, 5.41) is 3.66. The molecule has 0 aromatic carbocycles. The molecule has 1 fully saturated rings. The van der Waals surface area contributed by atoms with Gasteiger partial charge in [-0.05, 0) is 31.3 Å². The molecule has 3 nitrogen and oxygen atoms in total. The molecule has 1 N–H and O–H groups in total. The molecule has 0 saturated carbocycles. The highest BCUT2D eigenvalue weighted by molar-refractivity contribution is 4.88. The van der Waals surface area contributed by atoms with E-state index in [1.807, 2.05) is 0 Å². The zero-order valence-electron chi connectivity index (χ0n) is 14.4. The summed E-state index contributed by atoms with van der Waals surface area (Å²) in [7, 11) is 0. The highest BCUT2D eigenvalue weighted by Gasteiger charge is 2.36. The molecular formula is C17H36N2O. The second kappa shape index (κ2) is 9.01. The van der Waals surface area contributed by atoms with E-state index >= 15 is 0 Å². The van der Waals surface area contributed by atoms with Crippen LogP contribution in [0, 0.1) is 17.3 Å². The van der Waals surface area contributed by atoms with Crippen LogP contribution in [-0.2, 0) is 4.74 Å². The predicted molar refractivity (Wildman–Crippen MR) is 87.1 cm³/mol. The summed E-state index contributed by atoms with van der Waals surface area (Å²) in [6.07, 6.45) is 2.47. The van der Waals surface area contributed by atoms with Crippen molar-refractivity contribution in [2.24, 2.45) is 17.3 Å². The molecule has 2 unspecified atom stereocenters. The third-order valence-electron chi connectivity index (χ3n) is 4.51. The summed E-state index contributed by atoms with van der Waals surface area (Å²) in [4.78, 5) is 2.62. The van der Waals surface area contributed by atoms with E-state index in [-0.39, 0.29) is 0 Å². The van der Waals surface area contributed by atoms with Crippen LogP contribution in [0.5, 0.6) is 0 Å². The van der Waals surface area contributed by atoms with Crippen LogP contribution < -0.4 is 5.32 Å². The van der Waals surface area contributed by atoms with Gasteiger partial charge in [-0.25, -0.2) is 0 Å². The molecule has 0 spiro atoms. The van der Waals surface area contributed by atoms with E-state index in [4.69, 9.17) is 4.74 Å². The lowest BCUT2D eigenvalue weighted by Gasteiger charge is -2.35. The Morgan fingerprint density at radius 1 is 1.25 bits per heavy atom.